The van der Waals surface area contributed by atoms with Crippen LogP contribution in [0.4, 0.5) is 11.4 Å². The molecule has 0 unspecified atom stereocenters. The molecule has 9 heteroatoms. The topological polar surface area (TPSA) is 110 Å². The second kappa shape index (κ2) is 9.34. The van der Waals surface area contributed by atoms with Gasteiger partial charge in [0.05, 0.1) is 29.9 Å². The smallest absolute Gasteiger partial charge is 0.273 e. The number of anilines is 1. The van der Waals surface area contributed by atoms with E-state index in [-0.39, 0.29) is 11.6 Å². The summed E-state index contributed by atoms with van der Waals surface area (Å²) in [6.45, 7) is 2.10. The molecule has 1 saturated heterocycles. The van der Waals surface area contributed by atoms with E-state index in [0.29, 0.717) is 28.4 Å². The highest BCUT2D eigenvalue weighted by Crippen LogP contribution is 2.34. The fourth-order valence-electron chi connectivity index (χ4n) is 3.58. The van der Waals surface area contributed by atoms with Gasteiger partial charge in [-0.15, -0.1) is 0 Å². The van der Waals surface area contributed by atoms with E-state index in [0.717, 1.165) is 18.8 Å². The zero-order valence-electron chi connectivity index (χ0n) is 17.5. The third kappa shape index (κ3) is 4.61. The lowest BCUT2D eigenvalue weighted by molar-refractivity contribution is -0.384. The maximum atomic E-state index is 12.3. The Balaban J connectivity index is 1.40. The van der Waals surface area contributed by atoms with Crippen molar-refractivity contribution < 1.29 is 18.9 Å². The summed E-state index contributed by atoms with van der Waals surface area (Å²) >= 11 is 0. The van der Waals surface area contributed by atoms with E-state index in [1.807, 2.05) is 12.1 Å². The molecular formula is C23H22N4O5. The minimum Gasteiger partial charge on any atom is -0.496 e. The van der Waals surface area contributed by atoms with Crippen molar-refractivity contribution in [3.05, 3.63) is 76.0 Å². The minimum absolute atomic E-state index is 0.0740. The summed E-state index contributed by atoms with van der Waals surface area (Å²) in [5.41, 5.74) is 4.61. The van der Waals surface area contributed by atoms with Crippen molar-refractivity contribution in [3.8, 4) is 17.1 Å². The molecule has 9 nitrogen and oxygen atoms in total. The number of nitrogens with one attached hydrogen (secondary N) is 1. The predicted octanol–water partition coefficient (Wildman–Crippen LogP) is 4.23. The number of hydrogen-bond acceptors (Lipinski definition) is 7. The van der Waals surface area contributed by atoms with Crippen LogP contribution >= 0.6 is 0 Å². The van der Waals surface area contributed by atoms with E-state index in [1.54, 1.807) is 30.3 Å². The standard InChI is InChI=1S/C23H22N4O5/c1-31-22-14-18(27(29)30)8-10-20(22)21-11-9-19(32-21)15-24-25-23(28)16-4-6-17(7-5-16)26-12-2-3-13-26/h4-11,14-15H,2-3,12-13H2,1H3,(H,25,28)/b24-15-. The second-order valence-corrected chi connectivity index (χ2v) is 7.28. The number of carbonyl (C=O) groups is 1. The molecule has 1 amide bonds. The Morgan fingerprint density at radius 1 is 1.16 bits per heavy atom. The Bertz CT molecular complexity index is 1150. The van der Waals surface area contributed by atoms with Crippen molar-refractivity contribution in [2.75, 3.05) is 25.1 Å². The van der Waals surface area contributed by atoms with Crippen LogP contribution < -0.4 is 15.1 Å². The highest BCUT2D eigenvalue weighted by Gasteiger charge is 2.15. The highest BCUT2D eigenvalue weighted by atomic mass is 16.6. The van der Waals surface area contributed by atoms with Gasteiger partial charge in [0.1, 0.15) is 17.3 Å². The number of non-ortho nitro benzene ring substituents is 1. The number of methoxy groups -OCH3 is 1. The first kappa shape index (κ1) is 21.1. The molecule has 32 heavy (non-hydrogen) atoms. The maximum Gasteiger partial charge on any atom is 0.273 e. The Morgan fingerprint density at radius 2 is 1.91 bits per heavy atom. The third-order valence-electron chi connectivity index (χ3n) is 5.25. The Kier molecular flexibility index (Phi) is 6.16. The van der Waals surface area contributed by atoms with E-state index in [4.69, 9.17) is 9.15 Å². The molecule has 2 heterocycles. The fourth-order valence-corrected chi connectivity index (χ4v) is 3.58. The lowest BCUT2D eigenvalue weighted by Gasteiger charge is -2.17. The van der Waals surface area contributed by atoms with E-state index >= 15 is 0 Å². The van der Waals surface area contributed by atoms with Gasteiger partial charge < -0.3 is 14.1 Å². The van der Waals surface area contributed by atoms with E-state index in [9.17, 15) is 14.9 Å². The Hall–Kier alpha value is -4.14. The first-order chi connectivity index (χ1) is 15.5. The van der Waals surface area contributed by atoms with Crippen LogP contribution in [0.5, 0.6) is 5.75 Å². The molecular weight excluding hydrogens is 412 g/mol. The van der Waals surface area contributed by atoms with Gasteiger partial charge in [-0.3, -0.25) is 14.9 Å². The molecule has 1 N–H and O–H groups in total. The number of rotatable bonds is 7. The number of carbonyl (C=O) groups excluding carboxylic acids is 1. The van der Waals surface area contributed by atoms with Gasteiger partial charge >= 0.3 is 0 Å². The van der Waals surface area contributed by atoms with Crippen LogP contribution in [0.2, 0.25) is 0 Å². The molecule has 1 fully saturated rings. The molecule has 0 atom stereocenters. The van der Waals surface area contributed by atoms with Crippen LogP contribution in [0.3, 0.4) is 0 Å². The fraction of sp³-hybridized carbons (Fsp3) is 0.217. The Morgan fingerprint density at radius 3 is 2.59 bits per heavy atom. The first-order valence-corrected chi connectivity index (χ1v) is 10.2. The van der Waals surface area contributed by atoms with Crippen molar-refractivity contribution in [1.82, 2.24) is 5.43 Å². The van der Waals surface area contributed by atoms with Gasteiger partial charge in [-0.25, -0.2) is 5.43 Å². The van der Waals surface area contributed by atoms with Gasteiger partial charge in [0.2, 0.25) is 0 Å². The van der Waals surface area contributed by atoms with Gasteiger partial charge in [0.25, 0.3) is 11.6 Å². The molecule has 0 bridgehead atoms. The molecule has 0 spiro atoms. The number of ether oxygens (including phenoxy) is 1. The summed E-state index contributed by atoms with van der Waals surface area (Å²) in [6.07, 6.45) is 3.78. The van der Waals surface area contributed by atoms with Gasteiger partial charge in [-0.05, 0) is 55.3 Å². The summed E-state index contributed by atoms with van der Waals surface area (Å²) in [6, 6.07) is 15.1. The number of nitrogens with zero attached hydrogens (tertiary/aromatic N) is 3. The number of furan rings is 1. The van der Waals surface area contributed by atoms with Crippen LogP contribution in [-0.2, 0) is 0 Å². The number of benzene rings is 2. The lowest BCUT2D eigenvalue weighted by atomic mass is 10.1. The molecule has 0 aliphatic carbocycles. The normalized spacial score (nSPS) is 13.5. The van der Waals surface area contributed by atoms with Crippen molar-refractivity contribution in [3.63, 3.8) is 0 Å². The molecule has 1 aromatic heterocycles. The summed E-state index contributed by atoms with van der Waals surface area (Å²) in [5, 5.41) is 14.9. The average Bonchev–Trinajstić information content (AvgIpc) is 3.51. The average molecular weight is 434 g/mol. The van der Waals surface area contributed by atoms with Crippen LogP contribution in [0.1, 0.15) is 29.0 Å². The van der Waals surface area contributed by atoms with Crippen molar-refractivity contribution in [2.24, 2.45) is 5.10 Å². The SMILES string of the molecule is COc1cc([N+](=O)[O-])ccc1-c1ccc(/C=N\NC(=O)c2ccc(N3CCCC3)cc2)o1. The van der Waals surface area contributed by atoms with Gasteiger partial charge in [-0.2, -0.15) is 5.10 Å². The number of nitro benzene ring substituents is 1. The van der Waals surface area contributed by atoms with Crippen LogP contribution in [0, 0.1) is 10.1 Å². The van der Waals surface area contributed by atoms with E-state index in [2.05, 4.69) is 15.4 Å². The second-order valence-electron chi connectivity index (χ2n) is 7.28. The monoisotopic (exact) mass is 434 g/mol. The number of hydrogen-bond donors (Lipinski definition) is 1. The molecule has 2 aromatic carbocycles. The van der Waals surface area contributed by atoms with E-state index < -0.39 is 4.92 Å². The van der Waals surface area contributed by atoms with E-state index in [1.165, 1.54) is 38.3 Å². The molecule has 1 aliphatic rings. The molecule has 0 radical (unpaired) electrons. The van der Waals surface area contributed by atoms with Crippen molar-refractivity contribution >= 4 is 23.5 Å². The number of hydrazone groups is 1. The summed E-state index contributed by atoms with van der Waals surface area (Å²) in [4.78, 5) is 25.1. The van der Waals surface area contributed by atoms with Gasteiger partial charge in [0, 0.05) is 30.4 Å². The quantitative estimate of drug-likeness (QED) is 0.339. The summed E-state index contributed by atoms with van der Waals surface area (Å²) in [7, 11) is 1.43. The largest absolute Gasteiger partial charge is 0.496 e. The number of nitro groups is 1. The zero-order valence-corrected chi connectivity index (χ0v) is 17.5. The molecule has 164 valence electrons. The maximum absolute atomic E-state index is 12.3. The van der Waals surface area contributed by atoms with Gasteiger partial charge in [-0.1, -0.05) is 0 Å². The van der Waals surface area contributed by atoms with Gasteiger partial charge in [0.15, 0.2) is 0 Å². The minimum atomic E-state index is -0.491. The molecule has 4 rings (SSSR count). The molecule has 3 aromatic rings. The Labute approximate surface area is 184 Å². The zero-order chi connectivity index (χ0) is 22.5. The summed E-state index contributed by atoms with van der Waals surface area (Å²) < 4.78 is 11.0. The third-order valence-corrected chi connectivity index (χ3v) is 5.25. The molecule has 0 saturated carbocycles. The summed E-state index contributed by atoms with van der Waals surface area (Å²) in [5.74, 6) is 0.868. The lowest BCUT2D eigenvalue weighted by Crippen LogP contribution is -2.19. The van der Waals surface area contributed by atoms with Crippen molar-refractivity contribution in [1.29, 1.82) is 0 Å². The first-order valence-electron chi connectivity index (χ1n) is 10.2. The predicted molar refractivity (Wildman–Crippen MR) is 120 cm³/mol. The van der Waals surface area contributed by atoms with Crippen LogP contribution in [0.15, 0.2) is 64.1 Å². The van der Waals surface area contributed by atoms with Crippen molar-refractivity contribution in [2.45, 2.75) is 12.8 Å². The van der Waals surface area contributed by atoms with Crippen LogP contribution in [-0.4, -0.2) is 37.2 Å². The number of amides is 1. The highest BCUT2D eigenvalue weighted by molar-refractivity contribution is 5.95. The van der Waals surface area contributed by atoms with Crippen LogP contribution in [0.25, 0.3) is 11.3 Å². The molecule has 1 aliphatic heterocycles.